The number of nitrogens with zero attached hydrogens (tertiary/aromatic N) is 1. The molecule has 1 unspecified atom stereocenters. The zero-order valence-corrected chi connectivity index (χ0v) is 11.0. The van der Waals surface area contributed by atoms with Gasteiger partial charge in [-0.15, -0.1) is 0 Å². The minimum absolute atomic E-state index is 0.448. The second-order valence-corrected chi connectivity index (χ2v) is 6.15. The van der Waals surface area contributed by atoms with Crippen LogP contribution < -0.4 is 10.0 Å². The zero-order chi connectivity index (χ0) is 12.0. The van der Waals surface area contributed by atoms with Crippen LogP contribution in [-0.2, 0) is 10.2 Å². The van der Waals surface area contributed by atoms with Gasteiger partial charge in [0, 0.05) is 20.1 Å². The maximum absolute atomic E-state index is 11.8. The molecule has 0 aromatic heterocycles. The van der Waals surface area contributed by atoms with Gasteiger partial charge in [0.25, 0.3) is 10.2 Å². The molecule has 0 bridgehead atoms. The molecule has 1 fully saturated rings. The van der Waals surface area contributed by atoms with Crippen molar-refractivity contribution in [2.24, 2.45) is 5.92 Å². The van der Waals surface area contributed by atoms with Gasteiger partial charge < -0.3 is 5.32 Å². The summed E-state index contributed by atoms with van der Waals surface area (Å²) in [5, 5.41) is 3.31. The number of hydrogen-bond donors (Lipinski definition) is 2. The quantitative estimate of drug-likeness (QED) is 0.705. The van der Waals surface area contributed by atoms with E-state index in [4.69, 9.17) is 0 Å². The summed E-state index contributed by atoms with van der Waals surface area (Å²) in [5.74, 6) is 0.448. The smallest absolute Gasteiger partial charge is 0.279 e. The second-order valence-electron chi connectivity index (χ2n) is 4.28. The van der Waals surface area contributed by atoms with E-state index < -0.39 is 10.2 Å². The van der Waals surface area contributed by atoms with Crippen LogP contribution in [0.15, 0.2) is 0 Å². The molecule has 0 spiro atoms. The van der Waals surface area contributed by atoms with Crippen molar-refractivity contribution in [3.63, 3.8) is 0 Å². The van der Waals surface area contributed by atoms with E-state index in [1.165, 1.54) is 7.05 Å². The van der Waals surface area contributed by atoms with Crippen LogP contribution >= 0.6 is 0 Å². The molecular formula is C10H23N3O2S. The minimum Gasteiger partial charge on any atom is -0.316 e. The highest BCUT2D eigenvalue weighted by Gasteiger charge is 2.24. The van der Waals surface area contributed by atoms with E-state index in [9.17, 15) is 8.42 Å². The Morgan fingerprint density at radius 2 is 2.25 bits per heavy atom. The third-order valence-electron chi connectivity index (χ3n) is 2.93. The lowest BCUT2D eigenvalue weighted by molar-refractivity contribution is 0.290. The van der Waals surface area contributed by atoms with E-state index in [0.717, 1.165) is 32.4 Å². The van der Waals surface area contributed by atoms with E-state index in [1.54, 1.807) is 4.31 Å². The first-order valence-corrected chi connectivity index (χ1v) is 7.43. The molecule has 1 heterocycles. The molecule has 5 nitrogen and oxygen atoms in total. The van der Waals surface area contributed by atoms with Gasteiger partial charge in [0.2, 0.25) is 0 Å². The SMILES string of the molecule is CCCN(CC1CCCNC1)S(=O)(=O)NC. The standard InChI is InChI=1S/C10H23N3O2S/c1-3-7-13(16(14,15)11-2)9-10-5-4-6-12-8-10/h10-12H,3-9H2,1-2H3. The van der Waals surface area contributed by atoms with Gasteiger partial charge in [-0.3, -0.25) is 0 Å². The third-order valence-corrected chi connectivity index (χ3v) is 4.46. The van der Waals surface area contributed by atoms with Crippen LogP contribution in [0.3, 0.4) is 0 Å². The summed E-state index contributed by atoms with van der Waals surface area (Å²) >= 11 is 0. The minimum atomic E-state index is -3.27. The summed E-state index contributed by atoms with van der Waals surface area (Å²) in [7, 11) is -1.80. The highest BCUT2D eigenvalue weighted by molar-refractivity contribution is 7.87. The molecule has 0 radical (unpaired) electrons. The van der Waals surface area contributed by atoms with Crippen molar-refractivity contribution in [2.45, 2.75) is 26.2 Å². The van der Waals surface area contributed by atoms with Gasteiger partial charge in [0.15, 0.2) is 0 Å². The molecule has 6 heteroatoms. The number of rotatable bonds is 6. The normalized spacial score (nSPS) is 22.6. The highest BCUT2D eigenvalue weighted by atomic mass is 32.2. The molecule has 0 aromatic rings. The Morgan fingerprint density at radius 3 is 2.75 bits per heavy atom. The van der Waals surface area contributed by atoms with Crippen LogP contribution in [0, 0.1) is 5.92 Å². The summed E-state index contributed by atoms with van der Waals surface area (Å²) in [6.07, 6.45) is 3.11. The second kappa shape index (κ2) is 6.54. The van der Waals surface area contributed by atoms with Crippen LogP contribution in [0.1, 0.15) is 26.2 Å². The Bertz CT molecular complexity index is 286. The first kappa shape index (κ1) is 13.9. The molecule has 0 amide bonds. The Morgan fingerprint density at radius 1 is 1.50 bits per heavy atom. The predicted molar refractivity (Wildman–Crippen MR) is 65.4 cm³/mol. The van der Waals surface area contributed by atoms with Gasteiger partial charge in [-0.2, -0.15) is 12.7 Å². The van der Waals surface area contributed by atoms with E-state index in [-0.39, 0.29) is 0 Å². The molecule has 96 valence electrons. The number of hydrogen-bond acceptors (Lipinski definition) is 3. The molecule has 1 saturated heterocycles. The molecule has 16 heavy (non-hydrogen) atoms. The Balaban J connectivity index is 2.56. The average molecular weight is 249 g/mol. The zero-order valence-electron chi connectivity index (χ0n) is 10.2. The van der Waals surface area contributed by atoms with Crippen molar-refractivity contribution in [3.05, 3.63) is 0 Å². The van der Waals surface area contributed by atoms with Crippen LogP contribution in [-0.4, -0.2) is 45.9 Å². The van der Waals surface area contributed by atoms with E-state index in [1.807, 2.05) is 6.92 Å². The topological polar surface area (TPSA) is 61.4 Å². The summed E-state index contributed by atoms with van der Waals surface area (Å²) < 4.78 is 27.5. The summed E-state index contributed by atoms with van der Waals surface area (Å²) in [5.41, 5.74) is 0. The highest BCUT2D eigenvalue weighted by Crippen LogP contribution is 2.13. The van der Waals surface area contributed by atoms with E-state index in [0.29, 0.717) is 19.0 Å². The average Bonchev–Trinajstić information content (AvgIpc) is 2.30. The fourth-order valence-electron chi connectivity index (χ4n) is 2.06. The van der Waals surface area contributed by atoms with Crippen molar-refractivity contribution in [3.8, 4) is 0 Å². The van der Waals surface area contributed by atoms with Crippen LogP contribution in [0.25, 0.3) is 0 Å². The van der Waals surface area contributed by atoms with Crippen molar-refractivity contribution in [2.75, 3.05) is 33.2 Å². The summed E-state index contributed by atoms with van der Waals surface area (Å²) in [6.45, 7) is 5.21. The van der Waals surface area contributed by atoms with Crippen LogP contribution in [0.2, 0.25) is 0 Å². The lowest BCUT2D eigenvalue weighted by atomic mass is 10.00. The third kappa shape index (κ3) is 4.01. The molecule has 0 aliphatic carbocycles. The maximum Gasteiger partial charge on any atom is 0.279 e. The number of piperidine rings is 1. The van der Waals surface area contributed by atoms with Gasteiger partial charge in [-0.25, -0.2) is 4.72 Å². The van der Waals surface area contributed by atoms with E-state index in [2.05, 4.69) is 10.0 Å². The fraction of sp³-hybridized carbons (Fsp3) is 1.00. The molecule has 0 aromatic carbocycles. The lowest BCUT2D eigenvalue weighted by Gasteiger charge is -2.29. The van der Waals surface area contributed by atoms with Gasteiger partial charge in [0.1, 0.15) is 0 Å². The largest absolute Gasteiger partial charge is 0.316 e. The Kier molecular flexibility index (Phi) is 5.68. The monoisotopic (exact) mass is 249 g/mol. The summed E-state index contributed by atoms with van der Waals surface area (Å²) in [4.78, 5) is 0. The first-order chi connectivity index (χ1) is 7.60. The Labute approximate surface area is 98.8 Å². The van der Waals surface area contributed by atoms with E-state index >= 15 is 0 Å². The Hall–Kier alpha value is -0.170. The van der Waals surface area contributed by atoms with Crippen LogP contribution in [0.5, 0.6) is 0 Å². The first-order valence-electron chi connectivity index (χ1n) is 5.99. The number of nitrogens with one attached hydrogen (secondary N) is 2. The van der Waals surface area contributed by atoms with Gasteiger partial charge in [-0.1, -0.05) is 6.92 Å². The van der Waals surface area contributed by atoms with Gasteiger partial charge >= 0.3 is 0 Å². The molecule has 2 N–H and O–H groups in total. The van der Waals surface area contributed by atoms with Crippen molar-refractivity contribution < 1.29 is 8.42 Å². The van der Waals surface area contributed by atoms with Crippen molar-refractivity contribution >= 4 is 10.2 Å². The molecule has 1 aliphatic rings. The molecule has 1 rings (SSSR count). The molecule has 1 aliphatic heterocycles. The van der Waals surface area contributed by atoms with Crippen molar-refractivity contribution in [1.82, 2.24) is 14.3 Å². The fourth-order valence-corrected chi connectivity index (χ4v) is 3.14. The molecule has 0 saturated carbocycles. The molecule has 1 atom stereocenters. The van der Waals surface area contributed by atoms with Gasteiger partial charge in [0.05, 0.1) is 0 Å². The van der Waals surface area contributed by atoms with Crippen molar-refractivity contribution in [1.29, 1.82) is 0 Å². The lowest BCUT2D eigenvalue weighted by Crippen LogP contribution is -2.45. The molecular weight excluding hydrogens is 226 g/mol. The summed E-state index contributed by atoms with van der Waals surface area (Å²) in [6, 6.07) is 0. The van der Waals surface area contributed by atoms with Gasteiger partial charge in [-0.05, 0) is 38.3 Å². The predicted octanol–water partition coefficient (Wildman–Crippen LogP) is 0.162. The maximum atomic E-state index is 11.8. The van der Waals surface area contributed by atoms with Crippen LogP contribution in [0.4, 0.5) is 0 Å².